The molecule has 7 rings (SSSR count). The lowest BCUT2D eigenvalue weighted by molar-refractivity contribution is -0.140. The molecule has 1 aliphatic rings. The summed E-state index contributed by atoms with van der Waals surface area (Å²) in [6.45, 7) is 5.67. The highest BCUT2D eigenvalue weighted by atomic mass is 16.5. The average molecular weight is 556 g/mol. The maximum absolute atomic E-state index is 13.9. The van der Waals surface area contributed by atoms with Gasteiger partial charge >= 0.3 is 0 Å². The van der Waals surface area contributed by atoms with Gasteiger partial charge in [-0.2, -0.15) is 0 Å². The number of rotatable bonds is 6. The number of ether oxygens (including phenoxy) is 1. The van der Waals surface area contributed by atoms with Gasteiger partial charge in [0, 0.05) is 30.1 Å². The molecule has 1 saturated heterocycles. The molecule has 3 aromatic heterocycles. The normalized spacial score (nSPS) is 15.5. The van der Waals surface area contributed by atoms with Gasteiger partial charge in [0.1, 0.15) is 17.5 Å². The molecule has 1 amide bonds. The zero-order valence-corrected chi connectivity index (χ0v) is 23.9. The van der Waals surface area contributed by atoms with E-state index < -0.39 is 0 Å². The van der Waals surface area contributed by atoms with Crippen LogP contribution in [-0.4, -0.2) is 50.5 Å². The van der Waals surface area contributed by atoms with Gasteiger partial charge in [-0.1, -0.05) is 60.2 Å². The molecule has 0 bridgehead atoms. The van der Waals surface area contributed by atoms with Crippen LogP contribution in [0.5, 0.6) is 0 Å². The molecular weight excluding hydrogens is 522 g/mol. The number of fused-ring (bicyclic) bond motifs is 2. The Morgan fingerprint density at radius 3 is 2.67 bits per heavy atom. The van der Waals surface area contributed by atoms with E-state index in [4.69, 9.17) is 9.72 Å². The maximum atomic E-state index is 13.9. The van der Waals surface area contributed by atoms with Gasteiger partial charge in [0.05, 0.1) is 29.9 Å². The minimum atomic E-state index is -0.246. The maximum Gasteiger partial charge on any atom is 0.223 e. The first-order valence-corrected chi connectivity index (χ1v) is 14.5. The smallest absolute Gasteiger partial charge is 0.223 e. The zero-order chi connectivity index (χ0) is 28.6. The number of aromatic amines is 2. The Labute approximate surface area is 244 Å². The first kappa shape index (κ1) is 26.2. The number of carbonyl (C=O) groups excluding carboxylic acids is 1. The summed E-state index contributed by atoms with van der Waals surface area (Å²) in [5, 5.41) is 1.05. The third-order valence-electron chi connectivity index (χ3n) is 8.22. The summed E-state index contributed by atoms with van der Waals surface area (Å²) in [5.41, 5.74) is 10.6. The number of aryl methyl sites for hydroxylation is 3. The van der Waals surface area contributed by atoms with Gasteiger partial charge in [0.15, 0.2) is 0 Å². The number of morpholine rings is 1. The van der Waals surface area contributed by atoms with Crippen LogP contribution < -0.4 is 0 Å². The number of pyridine rings is 1. The van der Waals surface area contributed by atoms with E-state index in [1.807, 2.05) is 23.1 Å². The second kappa shape index (κ2) is 10.9. The van der Waals surface area contributed by atoms with Crippen molar-refractivity contribution < 1.29 is 9.53 Å². The fourth-order valence-corrected chi connectivity index (χ4v) is 6.10. The predicted molar refractivity (Wildman–Crippen MR) is 166 cm³/mol. The van der Waals surface area contributed by atoms with Crippen molar-refractivity contribution in [3.8, 4) is 22.4 Å². The Balaban J connectivity index is 1.22. The molecule has 210 valence electrons. The lowest BCUT2D eigenvalue weighted by Crippen LogP contribution is -2.44. The fourth-order valence-electron chi connectivity index (χ4n) is 6.10. The molecule has 0 unspecified atom stereocenters. The second-order valence-electron chi connectivity index (χ2n) is 11.1. The van der Waals surface area contributed by atoms with Gasteiger partial charge in [0.25, 0.3) is 0 Å². The molecule has 0 aliphatic carbocycles. The largest absolute Gasteiger partial charge is 0.377 e. The molecule has 1 fully saturated rings. The number of imidazole rings is 1. The minimum Gasteiger partial charge on any atom is -0.377 e. The Hall–Kier alpha value is -4.75. The van der Waals surface area contributed by atoms with Crippen LogP contribution in [0, 0.1) is 13.8 Å². The van der Waals surface area contributed by atoms with Crippen molar-refractivity contribution in [1.82, 2.24) is 24.8 Å². The zero-order valence-electron chi connectivity index (χ0n) is 23.9. The number of carbonyl (C=O) groups is 1. The Kier molecular flexibility index (Phi) is 6.80. The number of hydrogen-bond acceptors (Lipinski definition) is 4. The summed E-state index contributed by atoms with van der Waals surface area (Å²) in [4.78, 5) is 32.3. The van der Waals surface area contributed by atoms with Gasteiger partial charge in [-0.05, 0) is 66.8 Å². The molecule has 3 aromatic carbocycles. The first-order valence-electron chi connectivity index (χ1n) is 14.5. The molecule has 2 N–H and O–H groups in total. The minimum absolute atomic E-state index is 0.0938. The van der Waals surface area contributed by atoms with E-state index in [9.17, 15) is 4.79 Å². The third kappa shape index (κ3) is 4.86. The number of H-pyrrole nitrogens is 2. The van der Waals surface area contributed by atoms with E-state index in [0.717, 1.165) is 55.8 Å². The summed E-state index contributed by atoms with van der Waals surface area (Å²) < 4.78 is 5.82. The summed E-state index contributed by atoms with van der Waals surface area (Å²) in [5.74, 6) is 0.865. The first-order chi connectivity index (χ1) is 20.5. The molecule has 42 heavy (non-hydrogen) atoms. The van der Waals surface area contributed by atoms with Crippen molar-refractivity contribution in [2.24, 2.45) is 0 Å². The highest BCUT2D eigenvalue weighted by Crippen LogP contribution is 2.38. The van der Waals surface area contributed by atoms with Crippen LogP contribution in [0.25, 0.3) is 44.5 Å². The molecule has 6 aromatic rings. The van der Waals surface area contributed by atoms with Crippen molar-refractivity contribution in [2.45, 2.75) is 32.7 Å². The van der Waals surface area contributed by atoms with E-state index in [1.54, 1.807) is 6.20 Å². The van der Waals surface area contributed by atoms with Crippen LogP contribution in [0.1, 0.15) is 35.0 Å². The van der Waals surface area contributed by atoms with Gasteiger partial charge in [-0.25, -0.2) is 9.97 Å². The van der Waals surface area contributed by atoms with Crippen LogP contribution in [0.3, 0.4) is 0 Å². The predicted octanol–water partition coefficient (Wildman–Crippen LogP) is 6.92. The number of nitrogens with one attached hydrogen (secondary N) is 2. The molecule has 0 radical (unpaired) electrons. The molecule has 0 saturated carbocycles. The second-order valence-corrected chi connectivity index (χ2v) is 11.1. The summed E-state index contributed by atoms with van der Waals surface area (Å²) in [6, 6.07) is 26.9. The van der Waals surface area contributed by atoms with Crippen molar-refractivity contribution in [3.63, 3.8) is 0 Å². The molecule has 1 atom stereocenters. The van der Waals surface area contributed by atoms with Gasteiger partial charge in [0.2, 0.25) is 5.91 Å². The molecular formula is C35H33N5O2. The number of amides is 1. The van der Waals surface area contributed by atoms with Crippen molar-refractivity contribution >= 4 is 28.0 Å². The van der Waals surface area contributed by atoms with E-state index in [-0.39, 0.29) is 11.9 Å². The number of aromatic nitrogens is 4. The monoisotopic (exact) mass is 555 g/mol. The third-order valence-corrected chi connectivity index (χ3v) is 8.22. The number of hydrogen-bond donors (Lipinski definition) is 2. The standard InChI is InChI=1S/C35H33N5O2/c1-22-10-12-26(28(19-22)24-7-4-3-5-8-24)33-25(27-9-6-16-36-34(27)39-33)13-15-32(41)40-17-18-42-21-31(40)35-37-29-14-11-23(2)20-30(29)38-35/h3-12,14,16,19-20,31H,13,15,17-18,21H2,1-2H3,(H,36,39)(H,37,38)/t31-/m0/s1. The van der Waals surface area contributed by atoms with Crippen molar-refractivity contribution in [2.75, 3.05) is 19.8 Å². The number of benzene rings is 3. The molecule has 7 heteroatoms. The highest BCUT2D eigenvalue weighted by molar-refractivity contribution is 5.93. The Bertz CT molecular complexity index is 1910. The Morgan fingerprint density at radius 1 is 0.952 bits per heavy atom. The van der Waals surface area contributed by atoms with Crippen LogP contribution >= 0.6 is 0 Å². The summed E-state index contributed by atoms with van der Waals surface area (Å²) in [6.07, 6.45) is 2.76. The molecule has 7 nitrogen and oxygen atoms in total. The van der Waals surface area contributed by atoms with E-state index in [1.165, 1.54) is 11.1 Å². The summed E-state index contributed by atoms with van der Waals surface area (Å²) in [7, 11) is 0. The van der Waals surface area contributed by atoms with Crippen LogP contribution in [-0.2, 0) is 16.0 Å². The summed E-state index contributed by atoms with van der Waals surface area (Å²) >= 11 is 0. The molecule has 4 heterocycles. The van der Waals surface area contributed by atoms with E-state index in [2.05, 4.69) is 89.5 Å². The fraction of sp³-hybridized carbons (Fsp3) is 0.229. The lowest BCUT2D eigenvalue weighted by atomic mass is 9.92. The lowest BCUT2D eigenvalue weighted by Gasteiger charge is -2.34. The highest BCUT2D eigenvalue weighted by Gasteiger charge is 2.31. The van der Waals surface area contributed by atoms with E-state index in [0.29, 0.717) is 32.6 Å². The number of nitrogens with zero attached hydrogens (tertiary/aromatic N) is 3. The molecule has 1 aliphatic heterocycles. The van der Waals surface area contributed by atoms with Crippen molar-refractivity contribution in [1.29, 1.82) is 0 Å². The van der Waals surface area contributed by atoms with Gasteiger partial charge in [-0.15, -0.1) is 0 Å². The average Bonchev–Trinajstić information content (AvgIpc) is 3.61. The SMILES string of the molecule is Cc1ccc(-c2[nH]c3ncccc3c2CCC(=O)N2CCOC[C@H]2c2nc3ccc(C)cc3[nH]2)c(-c2ccccc2)c1. The van der Waals surface area contributed by atoms with Gasteiger partial charge in [-0.3, -0.25) is 4.79 Å². The molecule has 0 spiro atoms. The van der Waals surface area contributed by atoms with Crippen molar-refractivity contribution in [3.05, 3.63) is 108 Å². The van der Waals surface area contributed by atoms with E-state index >= 15 is 0 Å². The van der Waals surface area contributed by atoms with Crippen LogP contribution in [0.15, 0.2) is 85.1 Å². The van der Waals surface area contributed by atoms with Gasteiger partial charge < -0.3 is 19.6 Å². The quantitative estimate of drug-likeness (QED) is 0.234. The Morgan fingerprint density at radius 2 is 1.79 bits per heavy atom. The van der Waals surface area contributed by atoms with Crippen LogP contribution in [0.4, 0.5) is 0 Å². The van der Waals surface area contributed by atoms with Crippen LogP contribution in [0.2, 0.25) is 0 Å². The topological polar surface area (TPSA) is 86.9 Å².